The summed E-state index contributed by atoms with van der Waals surface area (Å²) in [5.74, 6) is -1.34. The summed E-state index contributed by atoms with van der Waals surface area (Å²) in [6, 6.07) is 14.9. The molecule has 0 radical (unpaired) electrons. The molecule has 0 saturated carbocycles. The number of amides is 2. The van der Waals surface area contributed by atoms with Gasteiger partial charge in [-0.2, -0.15) is 13.2 Å². The average molecular weight is 693 g/mol. The largest absolute Gasteiger partial charge is 0.417 e. The lowest BCUT2D eigenvalue weighted by Crippen LogP contribution is -2.53. The fourth-order valence-electron chi connectivity index (χ4n) is 4.39. The van der Waals surface area contributed by atoms with Crippen LogP contribution >= 0.6 is 34.8 Å². The Hall–Kier alpha value is -2.99. The number of hydrogen-bond donors (Lipinski definition) is 1. The number of alkyl halides is 3. The molecule has 0 heterocycles. The molecule has 0 aliphatic heterocycles. The summed E-state index contributed by atoms with van der Waals surface area (Å²) in [5, 5.41) is 2.74. The molecule has 0 spiro atoms. The van der Waals surface area contributed by atoms with Crippen LogP contribution in [0.4, 0.5) is 18.9 Å². The first-order valence-electron chi connectivity index (χ1n) is 13.5. The van der Waals surface area contributed by atoms with E-state index in [1.165, 1.54) is 11.0 Å². The summed E-state index contributed by atoms with van der Waals surface area (Å²) in [7, 11) is -4.30. The first kappa shape index (κ1) is 35.5. The first-order valence-corrected chi connectivity index (χ1v) is 16.5. The lowest BCUT2D eigenvalue weighted by molar-refractivity contribution is -0.140. The number of sulfonamides is 1. The molecule has 44 heavy (non-hydrogen) atoms. The van der Waals surface area contributed by atoms with Crippen LogP contribution < -0.4 is 9.62 Å². The molecule has 3 aromatic rings. The molecular formula is C30H31Cl3F3N3O4S. The van der Waals surface area contributed by atoms with Crippen molar-refractivity contribution in [3.05, 3.63) is 98.5 Å². The summed E-state index contributed by atoms with van der Waals surface area (Å²) in [6.45, 7) is 1.16. The van der Waals surface area contributed by atoms with Gasteiger partial charge in [-0.15, -0.1) is 0 Å². The molecule has 0 aliphatic rings. The van der Waals surface area contributed by atoms with Gasteiger partial charge in [0.05, 0.1) is 22.5 Å². The van der Waals surface area contributed by atoms with Crippen molar-refractivity contribution in [3.63, 3.8) is 0 Å². The van der Waals surface area contributed by atoms with E-state index in [0.29, 0.717) is 33.9 Å². The second-order valence-electron chi connectivity index (χ2n) is 10.0. The highest BCUT2D eigenvalue weighted by atomic mass is 35.5. The molecule has 1 unspecified atom stereocenters. The van der Waals surface area contributed by atoms with Gasteiger partial charge in [-0.3, -0.25) is 13.9 Å². The van der Waals surface area contributed by atoms with Crippen LogP contribution in [0.5, 0.6) is 0 Å². The van der Waals surface area contributed by atoms with Gasteiger partial charge < -0.3 is 10.2 Å². The Labute approximate surface area is 269 Å². The van der Waals surface area contributed by atoms with Crippen molar-refractivity contribution >= 4 is 62.3 Å². The zero-order valence-electron chi connectivity index (χ0n) is 23.9. The predicted octanol–water partition coefficient (Wildman–Crippen LogP) is 6.99. The highest BCUT2D eigenvalue weighted by Gasteiger charge is 2.36. The monoisotopic (exact) mass is 691 g/mol. The molecule has 238 valence electrons. The first-order chi connectivity index (χ1) is 20.6. The van der Waals surface area contributed by atoms with Gasteiger partial charge in [0.2, 0.25) is 21.8 Å². The van der Waals surface area contributed by atoms with Gasteiger partial charge in [-0.25, -0.2) is 8.42 Å². The zero-order chi connectivity index (χ0) is 32.7. The molecule has 14 heteroatoms. The summed E-state index contributed by atoms with van der Waals surface area (Å²) < 4.78 is 67.2. The highest BCUT2D eigenvalue weighted by Crippen LogP contribution is 2.37. The maximum atomic E-state index is 14.1. The van der Waals surface area contributed by atoms with Gasteiger partial charge >= 0.3 is 6.18 Å². The van der Waals surface area contributed by atoms with Crippen LogP contribution in [0.1, 0.15) is 36.5 Å². The van der Waals surface area contributed by atoms with Crippen molar-refractivity contribution in [2.45, 2.75) is 44.9 Å². The van der Waals surface area contributed by atoms with E-state index in [1.54, 1.807) is 42.5 Å². The Morgan fingerprint density at radius 1 is 0.955 bits per heavy atom. The summed E-state index contributed by atoms with van der Waals surface area (Å²) in [4.78, 5) is 28.9. The summed E-state index contributed by atoms with van der Waals surface area (Å²) in [5.41, 5.74) is -0.551. The predicted molar refractivity (Wildman–Crippen MR) is 168 cm³/mol. The second kappa shape index (κ2) is 15.3. The van der Waals surface area contributed by atoms with Crippen molar-refractivity contribution in [3.8, 4) is 0 Å². The molecule has 0 saturated heterocycles. The smallest absolute Gasteiger partial charge is 0.354 e. The Bertz CT molecular complexity index is 1570. The lowest BCUT2D eigenvalue weighted by Gasteiger charge is -2.34. The maximum absolute atomic E-state index is 14.1. The standard InChI is InChI=1S/C30H31Cl3F3N3O4S/c1-3-4-14-37-29(41)27(15-20-8-6-5-7-9-20)38(18-21-10-11-22(31)16-26(21)33)28(40)19-39(44(2,42)43)23-12-13-25(32)24(17-23)30(34,35)36/h5-13,16-17,27H,3-4,14-15,18-19H2,1-2H3,(H,37,41). The van der Waals surface area contributed by atoms with Crippen LogP contribution in [0.3, 0.4) is 0 Å². The maximum Gasteiger partial charge on any atom is 0.417 e. The van der Waals surface area contributed by atoms with Crippen LogP contribution in [0.15, 0.2) is 66.7 Å². The van der Waals surface area contributed by atoms with Crippen molar-refractivity contribution in [2.24, 2.45) is 0 Å². The number of unbranched alkanes of at least 4 members (excludes halogenated alkanes) is 1. The van der Waals surface area contributed by atoms with Crippen LogP contribution in [0.25, 0.3) is 0 Å². The lowest BCUT2D eigenvalue weighted by atomic mass is 10.0. The van der Waals surface area contributed by atoms with E-state index in [-0.39, 0.29) is 18.0 Å². The van der Waals surface area contributed by atoms with E-state index in [0.717, 1.165) is 30.4 Å². The molecule has 2 amide bonds. The minimum Gasteiger partial charge on any atom is -0.354 e. The molecule has 0 aliphatic carbocycles. The van der Waals surface area contributed by atoms with Crippen LogP contribution in [0.2, 0.25) is 15.1 Å². The van der Waals surface area contributed by atoms with E-state index < -0.39 is 56.9 Å². The third kappa shape index (κ3) is 9.76. The Morgan fingerprint density at radius 3 is 2.23 bits per heavy atom. The minimum atomic E-state index is -4.88. The average Bonchev–Trinajstić information content (AvgIpc) is 2.94. The SMILES string of the molecule is CCCCNC(=O)C(Cc1ccccc1)N(Cc1ccc(Cl)cc1Cl)C(=O)CN(c1ccc(Cl)c(C(F)(F)F)c1)S(C)(=O)=O. The molecule has 3 aromatic carbocycles. The molecule has 1 N–H and O–H groups in total. The van der Waals surface area contributed by atoms with Crippen LogP contribution in [-0.4, -0.2) is 50.5 Å². The van der Waals surface area contributed by atoms with Crippen molar-refractivity contribution in [1.29, 1.82) is 0 Å². The molecule has 0 bridgehead atoms. The summed E-state index contributed by atoms with van der Waals surface area (Å²) >= 11 is 18.2. The number of anilines is 1. The zero-order valence-corrected chi connectivity index (χ0v) is 27.0. The molecule has 0 aromatic heterocycles. The molecule has 1 atom stereocenters. The Balaban J connectivity index is 2.11. The molecule has 3 rings (SSSR count). The number of benzene rings is 3. The van der Waals surface area contributed by atoms with E-state index in [4.69, 9.17) is 34.8 Å². The Kier molecular flexibility index (Phi) is 12.4. The molecule has 7 nitrogen and oxygen atoms in total. The van der Waals surface area contributed by atoms with Crippen LogP contribution in [0, 0.1) is 0 Å². The molecule has 0 fully saturated rings. The van der Waals surface area contributed by atoms with Crippen LogP contribution in [-0.2, 0) is 38.8 Å². The van der Waals surface area contributed by atoms with E-state index in [2.05, 4.69) is 5.32 Å². The summed E-state index contributed by atoms with van der Waals surface area (Å²) in [6.07, 6.45) is -2.57. The number of nitrogens with zero attached hydrogens (tertiary/aromatic N) is 2. The molecular weight excluding hydrogens is 662 g/mol. The van der Waals surface area contributed by atoms with E-state index in [9.17, 15) is 31.2 Å². The highest BCUT2D eigenvalue weighted by molar-refractivity contribution is 7.92. The number of rotatable bonds is 13. The van der Waals surface area contributed by atoms with E-state index >= 15 is 0 Å². The van der Waals surface area contributed by atoms with Gasteiger partial charge in [-0.05, 0) is 47.9 Å². The van der Waals surface area contributed by atoms with Crippen molar-refractivity contribution < 1.29 is 31.2 Å². The number of halogens is 6. The van der Waals surface area contributed by atoms with Gasteiger partial charge in [0.15, 0.2) is 0 Å². The Morgan fingerprint density at radius 2 is 1.64 bits per heavy atom. The second-order valence-corrected chi connectivity index (χ2v) is 13.2. The fourth-order valence-corrected chi connectivity index (χ4v) is 5.93. The third-order valence-electron chi connectivity index (χ3n) is 6.68. The quantitative estimate of drug-likeness (QED) is 0.196. The van der Waals surface area contributed by atoms with Gasteiger partial charge in [-0.1, -0.05) is 84.5 Å². The van der Waals surface area contributed by atoms with Gasteiger partial charge in [0.25, 0.3) is 0 Å². The third-order valence-corrected chi connectivity index (χ3v) is 8.74. The number of carbonyl (C=O) groups excluding carboxylic acids is 2. The number of nitrogens with one attached hydrogen (secondary N) is 1. The normalized spacial score (nSPS) is 12.5. The fraction of sp³-hybridized carbons (Fsp3) is 0.333. The number of hydrogen-bond acceptors (Lipinski definition) is 4. The minimum absolute atomic E-state index is 0.0633. The van der Waals surface area contributed by atoms with Gasteiger partial charge in [0.1, 0.15) is 12.6 Å². The number of carbonyl (C=O) groups is 2. The van der Waals surface area contributed by atoms with Crippen molar-refractivity contribution in [1.82, 2.24) is 10.2 Å². The van der Waals surface area contributed by atoms with Crippen molar-refractivity contribution in [2.75, 3.05) is 23.7 Å². The van der Waals surface area contributed by atoms with E-state index in [1.807, 2.05) is 6.92 Å². The van der Waals surface area contributed by atoms with Gasteiger partial charge in [0, 0.05) is 29.6 Å². The topological polar surface area (TPSA) is 86.8 Å².